The first-order chi connectivity index (χ1) is 36.7. The molecule has 3 fully saturated rings. The second-order valence-corrected chi connectivity index (χ2v) is 20.2. The number of pyridine rings is 4. The van der Waals surface area contributed by atoms with Crippen LogP contribution in [0.1, 0.15) is 51.9 Å². The van der Waals surface area contributed by atoms with Gasteiger partial charge in [0.25, 0.3) is 0 Å². The Balaban J connectivity index is 0.000000131. The van der Waals surface area contributed by atoms with E-state index in [1.54, 1.807) is 52.9 Å². The van der Waals surface area contributed by atoms with Crippen molar-refractivity contribution in [3.63, 3.8) is 0 Å². The van der Waals surface area contributed by atoms with Crippen molar-refractivity contribution in [3.05, 3.63) is 127 Å². The number of urea groups is 2. The minimum absolute atomic E-state index is 0.0323. The number of nitrogens with zero attached hydrogens (tertiary/aromatic N) is 14. The number of aryl methyl sites for hydroxylation is 2. The number of amides is 4. The molecule has 13 heterocycles. The van der Waals surface area contributed by atoms with Gasteiger partial charge in [-0.3, -0.25) is 30.4 Å². The molecule has 0 aliphatic carbocycles. The van der Waals surface area contributed by atoms with E-state index < -0.39 is 7.12 Å². The fourth-order valence-corrected chi connectivity index (χ4v) is 9.79. The van der Waals surface area contributed by atoms with Gasteiger partial charge in [-0.1, -0.05) is 11.6 Å². The number of carbonyl (C=O) groups is 2. The lowest BCUT2D eigenvalue weighted by molar-refractivity contribution is 0.00578. The summed E-state index contributed by atoms with van der Waals surface area (Å²) in [6.07, 6.45) is 14.2. The van der Waals surface area contributed by atoms with Gasteiger partial charge in [-0.2, -0.15) is 10.2 Å². The molecule has 5 aliphatic heterocycles. The van der Waals surface area contributed by atoms with E-state index in [1.807, 2.05) is 90.1 Å². The van der Waals surface area contributed by atoms with Crippen LogP contribution in [0.15, 0.2) is 119 Å². The van der Waals surface area contributed by atoms with Crippen LogP contribution in [0.5, 0.6) is 0 Å². The predicted octanol–water partition coefficient (Wildman–Crippen LogP) is 8.03. The lowest BCUT2D eigenvalue weighted by atomic mass is 9.87. The molecule has 8 aromatic heterocycles. The topological polar surface area (TPSA) is 245 Å². The molecule has 76 heavy (non-hydrogen) atoms. The molecule has 8 aromatic rings. The van der Waals surface area contributed by atoms with E-state index in [0.29, 0.717) is 45.3 Å². The lowest BCUT2D eigenvalue weighted by Crippen LogP contribution is -2.48. The van der Waals surface area contributed by atoms with Crippen molar-refractivity contribution >= 4 is 71.1 Å². The molecule has 0 unspecified atom stereocenters. The molecule has 5 aliphatic rings. The average molecular weight is 1040 g/mol. The number of fused-ring (bicyclic) bond motifs is 8. The zero-order valence-corrected chi connectivity index (χ0v) is 43.2. The molecule has 4 bridgehead atoms. The van der Waals surface area contributed by atoms with Gasteiger partial charge in [0.05, 0.1) is 75.9 Å². The summed E-state index contributed by atoms with van der Waals surface area (Å²) < 4.78 is 22.0. The zero-order chi connectivity index (χ0) is 52.7. The standard InChI is InChI=1S/C23H20N8O2.C20H18ClN7O.C9H14BNO3/c1-14-8-15(4-6-25-14)18-2-3-19-22(27-18)31(17-5-7-30(19)12-17)23(32)28-21-9-16(10-26-29-21)20-11-24-13-33-20;1-12-8-13(4-6-22-12)16-2-3-17-19(24-16)28(15-5-7-27(17)11-15)20(29)25-18-9-14(21)10-23-26-18;1-8(2)9(3,4)14-10(13-8)7-5-11-6-12-7/h2-4,6,8-11,13,17H,5,7,12H2,1H3,(H,28,29,32);2-4,6,8-10,15H,5,7,11H2,1H3,(H,25,26,29);5-6H,1-4H3/t17-;15-;/m00./s1. The SMILES string of the molecule is CC1(C)OB(c2cnco2)OC1(C)C.Cc1cc(-c2ccc3c(n2)N(C(=O)Nc2cc(-c4cnco4)cnn2)[C@H]2CCN3C2)ccn1.Cc1cc(-c2ccc3c(n2)N(C(=O)Nc2cc(Cl)cnn2)[C@H]2CCN3C2)ccn1. The fraction of sp³-hybridized carbons (Fsp3) is 0.308. The third-order valence-corrected chi connectivity index (χ3v) is 14.3. The highest BCUT2D eigenvalue weighted by molar-refractivity contribution is 6.60. The first-order valence-electron chi connectivity index (χ1n) is 24.7. The zero-order valence-electron chi connectivity index (χ0n) is 42.5. The predicted molar refractivity (Wildman–Crippen MR) is 285 cm³/mol. The summed E-state index contributed by atoms with van der Waals surface area (Å²) in [6.45, 7) is 15.3. The molecule has 0 saturated carbocycles. The van der Waals surface area contributed by atoms with E-state index in [2.05, 4.69) is 60.8 Å². The summed E-state index contributed by atoms with van der Waals surface area (Å²) in [5.41, 5.74) is 7.91. The largest absolute Gasteiger partial charge is 0.534 e. The van der Waals surface area contributed by atoms with Crippen molar-refractivity contribution in [1.29, 1.82) is 0 Å². The second kappa shape index (κ2) is 20.4. The maximum absolute atomic E-state index is 13.5. The smallest absolute Gasteiger partial charge is 0.452 e. The Bertz CT molecular complexity index is 3410. The van der Waals surface area contributed by atoms with Crippen LogP contribution < -0.4 is 35.9 Å². The molecular formula is C52H52BClN16O6. The van der Waals surface area contributed by atoms with Gasteiger partial charge in [-0.25, -0.2) is 29.5 Å². The third kappa shape index (κ3) is 10.1. The number of nitrogens with one attached hydrogen (secondary N) is 2. The molecular weight excluding hydrogens is 991 g/mol. The fourth-order valence-electron chi connectivity index (χ4n) is 9.64. The number of anilines is 6. The van der Waals surface area contributed by atoms with E-state index in [1.165, 1.54) is 19.0 Å². The van der Waals surface area contributed by atoms with Gasteiger partial charge in [-0.15, -0.1) is 10.2 Å². The summed E-state index contributed by atoms with van der Waals surface area (Å²) in [5, 5.41) is 21.9. The Morgan fingerprint density at radius 1 is 0.645 bits per heavy atom. The van der Waals surface area contributed by atoms with Crippen LogP contribution in [0.2, 0.25) is 5.02 Å². The first-order valence-corrected chi connectivity index (χ1v) is 25.1. The molecule has 2 atom stereocenters. The Kier molecular flexibility index (Phi) is 13.3. The van der Waals surface area contributed by atoms with Gasteiger partial charge in [-0.05, 0) is 109 Å². The van der Waals surface area contributed by atoms with Crippen LogP contribution in [-0.2, 0) is 9.31 Å². The minimum Gasteiger partial charge on any atom is -0.452 e. The van der Waals surface area contributed by atoms with Crippen LogP contribution in [0.4, 0.5) is 44.2 Å². The van der Waals surface area contributed by atoms with Crippen molar-refractivity contribution in [2.45, 2.75) is 77.7 Å². The number of aromatic nitrogens is 10. The molecule has 0 spiro atoms. The molecule has 0 radical (unpaired) electrons. The maximum atomic E-state index is 13.5. The highest BCUT2D eigenvalue weighted by Gasteiger charge is 2.53. The van der Waals surface area contributed by atoms with Crippen molar-refractivity contribution < 1.29 is 27.7 Å². The molecule has 2 N–H and O–H groups in total. The highest BCUT2D eigenvalue weighted by atomic mass is 35.5. The third-order valence-electron chi connectivity index (χ3n) is 14.1. The number of halogens is 1. The van der Waals surface area contributed by atoms with Crippen molar-refractivity contribution in [2.75, 3.05) is 56.4 Å². The van der Waals surface area contributed by atoms with Gasteiger partial charge < -0.3 is 27.9 Å². The molecule has 4 amide bonds. The maximum Gasteiger partial charge on any atom is 0.534 e. The van der Waals surface area contributed by atoms with Gasteiger partial charge in [0.2, 0.25) is 0 Å². The average Bonchev–Trinajstić information content (AvgIpc) is 4.28. The van der Waals surface area contributed by atoms with Gasteiger partial charge in [0.1, 0.15) is 0 Å². The Hall–Kier alpha value is -8.41. The molecule has 24 heteroatoms. The normalized spacial score (nSPS) is 18.2. The second-order valence-electron chi connectivity index (χ2n) is 19.8. The number of hydrogen-bond acceptors (Lipinski definition) is 18. The summed E-state index contributed by atoms with van der Waals surface area (Å²) in [4.78, 5) is 60.7. The number of hydrogen-bond donors (Lipinski definition) is 2. The van der Waals surface area contributed by atoms with E-state index in [4.69, 9.17) is 39.7 Å². The van der Waals surface area contributed by atoms with Gasteiger partial charge in [0.15, 0.2) is 47.5 Å². The van der Waals surface area contributed by atoms with Gasteiger partial charge in [0, 0.05) is 72.7 Å². The highest BCUT2D eigenvalue weighted by Crippen LogP contribution is 2.42. The van der Waals surface area contributed by atoms with Crippen LogP contribution in [-0.4, -0.2) is 119 Å². The number of oxazole rings is 2. The van der Waals surface area contributed by atoms with E-state index in [0.717, 1.165) is 84.3 Å². The Morgan fingerprint density at radius 2 is 1.17 bits per heavy atom. The lowest BCUT2D eigenvalue weighted by Gasteiger charge is -2.35. The van der Waals surface area contributed by atoms with E-state index in [-0.39, 0.29) is 35.3 Å². The first kappa shape index (κ1) is 49.8. The quantitative estimate of drug-likeness (QED) is 0.150. The van der Waals surface area contributed by atoms with E-state index >= 15 is 0 Å². The van der Waals surface area contributed by atoms with Crippen LogP contribution in [0, 0.1) is 13.8 Å². The Morgan fingerprint density at radius 3 is 1.67 bits per heavy atom. The molecule has 3 saturated heterocycles. The number of carbonyl (C=O) groups excluding carboxylic acids is 2. The molecule has 22 nitrogen and oxygen atoms in total. The summed E-state index contributed by atoms with van der Waals surface area (Å²) >= 11 is 5.97. The van der Waals surface area contributed by atoms with Crippen molar-refractivity contribution in [3.8, 4) is 33.8 Å². The molecule has 0 aromatic carbocycles. The van der Waals surface area contributed by atoms with Crippen LogP contribution >= 0.6 is 11.6 Å². The minimum atomic E-state index is -0.442. The summed E-state index contributed by atoms with van der Waals surface area (Å²) in [7, 11) is -0.442. The number of rotatable bonds is 6. The molecule has 13 rings (SSSR count). The monoisotopic (exact) mass is 1040 g/mol. The van der Waals surface area contributed by atoms with Crippen LogP contribution in [0.25, 0.3) is 33.8 Å². The Labute approximate surface area is 442 Å². The summed E-state index contributed by atoms with van der Waals surface area (Å²) in [5.74, 6) is 2.49. The van der Waals surface area contributed by atoms with Crippen molar-refractivity contribution in [1.82, 2.24) is 50.3 Å². The van der Waals surface area contributed by atoms with E-state index in [9.17, 15) is 9.59 Å². The van der Waals surface area contributed by atoms with Gasteiger partial charge >= 0.3 is 19.2 Å². The molecule has 386 valence electrons. The summed E-state index contributed by atoms with van der Waals surface area (Å²) in [6, 6.07) is 18.7. The van der Waals surface area contributed by atoms with Crippen LogP contribution in [0.3, 0.4) is 0 Å². The van der Waals surface area contributed by atoms with Crippen molar-refractivity contribution in [2.24, 2.45) is 0 Å².